The van der Waals surface area contributed by atoms with Crippen LogP contribution < -0.4 is 10.2 Å². The van der Waals surface area contributed by atoms with Crippen LogP contribution in [0, 0.1) is 0 Å². The van der Waals surface area contributed by atoms with E-state index in [4.69, 9.17) is 0 Å². The molecule has 0 saturated carbocycles. The van der Waals surface area contributed by atoms with E-state index in [9.17, 15) is 0 Å². The zero-order valence-corrected chi connectivity index (χ0v) is 33.8. The minimum atomic E-state index is -0.491. The molecular formula is C59H39N3. The lowest BCUT2D eigenvalue weighted by Crippen LogP contribution is -2.33. The first kappa shape index (κ1) is 34.7. The van der Waals surface area contributed by atoms with Crippen LogP contribution in [0.2, 0.25) is 0 Å². The van der Waals surface area contributed by atoms with Crippen molar-refractivity contribution in [1.29, 1.82) is 0 Å². The summed E-state index contributed by atoms with van der Waals surface area (Å²) in [4.78, 5) is 2.38. The topological polar surface area (TPSA) is 20.2 Å². The molecule has 62 heavy (non-hydrogen) atoms. The monoisotopic (exact) mass is 789 g/mol. The van der Waals surface area contributed by atoms with Gasteiger partial charge >= 0.3 is 0 Å². The molecule has 0 amide bonds. The van der Waals surface area contributed by atoms with Gasteiger partial charge in [0.05, 0.1) is 27.8 Å². The molecule has 1 atom stereocenters. The van der Waals surface area contributed by atoms with Crippen LogP contribution in [0.3, 0.4) is 0 Å². The van der Waals surface area contributed by atoms with Gasteiger partial charge in [0.2, 0.25) is 0 Å². The number of para-hydroxylation sites is 4. The van der Waals surface area contributed by atoms with Gasteiger partial charge in [0.15, 0.2) is 0 Å². The SMILES string of the molecule is c1ccc(Nc2ccc(N(c3ccc(-c4ccc5c(c4)C4(c6ccccc6-5)c5ccccc5-n5c6ccccc6c6cccc4c65)cc3)c3cccc4ccccc34)cc2)cc1. The summed E-state index contributed by atoms with van der Waals surface area (Å²) in [5.74, 6) is 0. The highest BCUT2D eigenvalue weighted by atomic mass is 15.1. The van der Waals surface area contributed by atoms with Crippen molar-refractivity contribution in [2.75, 3.05) is 10.2 Å². The van der Waals surface area contributed by atoms with Gasteiger partial charge in [-0.15, -0.1) is 0 Å². The quantitative estimate of drug-likeness (QED) is 0.181. The molecule has 1 aromatic heterocycles. The highest BCUT2D eigenvalue weighted by Crippen LogP contribution is 2.61. The second-order valence-electron chi connectivity index (χ2n) is 16.5. The maximum absolute atomic E-state index is 3.55. The van der Waals surface area contributed by atoms with Gasteiger partial charge in [-0.05, 0) is 123 Å². The summed E-state index contributed by atoms with van der Waals surface area (Å²) < 4.78 is 2.51. The van der Waals surface area contributed by atoms with Gasteiger partial charge in [0.25, 0.3) is 0 Å². The summed E-state index contributed by atoms with van der Waals surface area (Å²) >= 11 is 0. The molecule has 13 rings (SSSR count). The van der Waals surface area contributed by atoms with Crippen LogP contribution in [0.25, 0.3) is 60.5 Å². The lowest BCUT2D eigenvalue weighted by atomic mass is 9.65. The molecular weight excluding hydrogens is 751 g/mol. The number of anilines is 5. The van der Waals surface area contributed by atoms with Crippen LogP contribution in [0.1, 0.15) is 22.3 Å². The molecule has 2 heterocycles. The van der Waals surface area contributed by atoms with E-state index in [0.29, 0.717) is 0 Å². The molecule has 0 fully saturated rings. The largest absolute Gasteiger partial charge is 0.356 e. The standard InChI is InChI=1S/C59H39N3/c1-2-16-42(17-3-1)60-43-31-35-45(36-32-43)61(55-27-12-15-40-14-4-5-18-46(40)55)44-33-28-39(29-34-44)41-30-37-48-47-19-6-8-22-51(47)59(54(48)38-41)52-23-9-11-26-57(52)62-56-25-10-7-20-49(56)50-21-13-24-53(59)58(50)62/h1-38,60H. The molecule has 1 aliphatic carbocycles. The van der Waals surface area contributed by atoms with Crippen molar-refractivity contribution in [2.45, 2.75) is 5.41 Å². The number of nitrogens with zero attached hydrogens (tertiary/aromatic N) is 2. The second kappa shape index (κ2) is 13.4. The molecule has 3 nitrogen and oxygen atoms in total. The van der Waals surface area contributed by atoms with Crippen molar-refractivity contribution < 1.29 is 0 Å². The number of hydrogen-bond acceptors (Lipinski definition) is 2. The maximum Gasteiger partial charge on any atom is 0.0754 e. The van der Waals surface area contributed by atoms with E-state index in [1.807, 2.05) is 6.07 Å². The first-order valence-corrected chi connectivity index (χ1v) is 21.4. The summed E-state index contributed by atoms with van der Waals surface area (Å²) in [6.07, 6.45) is 0. The number of benzene rings is 10. The molecule has 1 spiro atoms. The lowest BCUT2D eigenvalue weighted by molar-refractivity contribution is 0.749. The predicted molar refractivity (Wildman–Crippen MR) is 259 cm³/mol. The Morgan fingerprint density at radius 3 is 1.84 bits per heavy atom. The minimum Gasteiger partial charge on any atom is -0.356 e. The summed E-state index contributed by atoms with van der Waals surface area (Å²) in [6, 6.07) is 84.6. The summed E-state index contributed by atoms with van der Waals surface area (Å²) in [5, 5.41) is 8.55. The molecule has 1 aliphatic heterocycles. The Labute approximate surface area is 360 Å². The Kier molecular flexibility index (Phi) is 7.52. The Balaban J connectivity index is 0.965. The first-order valence-electron chi connectivity index (χ1n) is 21.4. The minimum absolute atomic E-state index is 0.491. The normalized spacial score (nSPS) is 14.5. The maximum atomic E-state index is 3.55. The lowest BCUT2D eigenvalue weighted by Gasteiger charge is -2.39. The van der Waals surface area contributed by atoms with Crippen LogP contribution in [0.5, 0.6) is 0 Å². The van der Waals surface area contributed by atoms with E-state index in [2.05, 4.69) is 239 Å². The van der Waals surface area contributed by atoms with Crippen molar-refractivity contribution in [3.8, 4) is 27.9 Å². The Morgan fingerprint density at radius 1 is 0.387 bits per heavy atom. The van der Waals surface area contributed by atoms with E-state index < -0.39 is 5.41 Å². The molecule has 1 N–H and O–H groups in total. The van der Waals surface area contributed by atoms with Crippen LogP contribution >= 0.6 is 0 Å². The zero-order chi connectivity index (χ0) is 40.8. The van der Waals surface area contributed by atoms with Crippen molar-refractivity contribution in [3.05, 3.63) is 253 Å². The predicted octanol–water partition coefficient (Wildman–Crippen LogP) is 15.5. The molecule has 2 aliphatic rings. The summed E-state index contributed by atoms with van der Waals surface area (Å²) in [7, 11) is 0. The van der Waals surface area contributed by atoms with E-state index in [1.54, 1.807) is 0 Å². The van der Waals surface area contributed by atoms with Gasteiger partial charge in [-0.1, -0.05) is 158 Å². The number of rotatable bonds is 6. The fourth-order valence-electron chi connectivity index (χ4n) is 10.8. The molecule has 290 valence electrons. The van der Waals surface area contributed by atoms with Gasteiger partial charge < -0.3 is 14.8 Å². The molecule has 11 aromatic rings. The van der Waals surface area contributed by atoms with Crippen LogP contribution in [-0.4, -0.2) is 4.57 Å². The van der Waals surface area contributed by atoms with Crippen LogP contribution in [-0.2, 0) is 5.41 Å². The number of nitrogens with one attached hydrogen (secondary N) is 1. The smallest absolute Gasteiger partial charge is 0.0754 e. The Hall–Kier alpha value is -8.14. The van der Waals surface area contributed by atoms with Crippen LogP contribution in [0.4, 0.5) is 28.4 Å². The van der Waals surface area contributed by atoms with Crippen LogP contribution in [0.15, 0.2) is 231 Å². The van der Waals surface area contributed by atoms with E-state index >= 15 is 0 Å². The fraction of sp³-hybridized carbons (Fsp3) is 0.0169. The number of fused-ring (bicyclic) bond motifs is 13. The molecule has 0 saturated heterocycles. The zero-order valence-electron chi connectivity index (χ0n) is 33.8. The van der Waals surface area contributed by atoms with E-state index in [0.717, 1.165) is 28.4 Å². The van der Waals surface area contributed by atoms with Gasteiger partial charge in [-0.25, -0.2) is 0 Å². The summed E-state index contributed by atoms with van der Waals surface area (Å²) in [6.45, 7) is 0. The molecule has 1 unspecified atom stereocenters. The Morgan fingerprint density at radius 2 is 0.984 bits per heavy atom. The Bertz CT molecular complexity index is 3540. The first-order chi connectivity index (χ1) is 30.8. The van der Waals surface area contributed by atoms with Gasteiger partial charge in [-0.2, -0.15) is 0 Å². The van der Waals surface area contributed by atoms with E-state index in [1.165, 1.54) is 82.8 Å². The van der Waals surface area contributed by atoms with Crippen molar-refractivity contribution >= 4 is 61.0 Å². The molecule has 10 aromatic carbocycles. The average Bonchev–Trinajstić information content (AvgIpc) is 3.83. The number of aromatic nitrogens is 1. The third-order valence-electron chi connectivity index (χ3n) is 13.3. The van der Waals surface area contributed by atoms with Crippen molar-refractivity contribution in [1.82, 2.24) is 4.57 Å². The summed E-state index contributed by atoms with van der Waals surface area (Å²) in [5.41, 5.74) is 19.0. The van der Waals surface area contributed by atoms with Gasteiger partial charge in [0, 0.05) is 38.9 Å². The fourth-order valence-corrected chi connectivity index (χ4v) is 10.8. The molecule has 0 bridgehead atoms. The molecule has 3 heteroatoms. The second-order valence-corrected chi connectivity index (χ2v) is 16.5. The van der Waals surface area contributed by atoms with Crippen molar-refractivity contribution in [2.24, 2.45) is 0 Å². The average molecular weight is 790 g/mol. The van der Waals surface area contributed by atoms with Gasteiger partial charge in [0.1, 0.15) is 0 Å². The highest BCUT2D eigenvalue weighted by molar-refractivity contribution is 6.13. The third kappa shape index (κ3) is 4.94. The van der Waals surface area contributed by atoms with E-state index in [-0.39, 0.29) is 0 Å². The third-order valence-corrected chi connectivity index (χ3v) is 13.3. The number of hydrogen-bond donors (Lipinski definition) is 1. The molecule has 0 radical (unpaired) electrons. The highest BCUT2D eigenvalue weighted by Gasteiger charge is 2.50. The van der Waals surface area contributed by atoms with Gasteiger partial charge in [-0.3, -0.25) is 0 Å². The van der Waals surface area contributed by atoms with Crippen molar-refractivity contribution in [3.63, 3.8) is 0 Å².